The van der Waals surface area contributed by atoms with Crippen molar-refractivity contribution in [2.24, 2.45) is 5.73 Å². The molecular formula is C14H12BrF2NO. The molecule has 19 heavy (non-hydrogen) atoms. The first-order valence-corrected chi connectivity index (χ1v) is 6.51. The fourth-order valence-corrected chi connectivity index (χ4v) is 2.02. The Labute approximate surface area is 118 Å². The van der Waals surface area contributed by atoms with Gasteiger partial charge in [0, 0.05) is 4.47 Å². The molecule has 2 N–H and O–H groups in total. The summed E-state index contributed by atoms with van der Waals surface area (Å²) in [5.74, 6) is -1.09. The van der Waals surface area contributed by atoms with Crippen LogP contribution in [-0.2, 0) is 6.42 Å². The SMILES string of the molecule is NCCc1cccc(F)c1Oc1ccc(Br)cc1F. The Morgan fingerprint density at radius 2 is 1.89 bits per heavy atom. The molecule has 0 fully saturated rings. The van der Waals surface area contributed by atoms with Gasteiger partial charge in [-0.05, 0) is 42.8 Å². The molecule has 2 aromatic rings. The van der Waals surface area contributed by atoms with Gasteiger partial charge in [0.25, 0.3) is 0 Å². The Bertz CT molecular complexity index is 590. The van der Waals surface area contributed by atoms with Crippen LogP contribution >= 0.6 is 15.9 Å². The van der Waals surface area contributed by atoms with Crippen LogP contribution in [0.25, 0.3) is 0 Å². The van der Waals surface area contributed by atoms with Gasteiger partial charge in [-0.25, -0.2) is 8.78 Å². The van der Waals surface area contributed by atoms with Crippen LogP contribution < -0.4 is 10.5 Å². The topological polar surface area (TPSA) is 35.2 Å². The minimum Gasteiger partial charge on any atom is -0.451 e. The zero-order valence-electron chi connectivity index (χ0n) is 10.00. The molecule has 2 aromatic carbocycles. The molecule has 0 aliphatic carbocycles. The molecule has 0 unspecified atom stereocenters. The van der Waals surface area contributed by atoms with Gasteiger partial charge in [-0.2, -0.15) is 0 Å². The summed E-state index contributed by atoms with van der Waals surface area (Å²) in [6.45, 7) is 0.364. The van der Waals surface area contributed by atoms with E-state index < -0.39 is 11.6 Å². The third-order valence-corrected chi connectivity index (χ3v) is 3.06. The van der Waals surface area contributed by atoms with Gasteiger partial charge in [0.05, 0.1) is 0 Å². The van der Waals surface area contributed by atoms with E-state index in [1.165, 1.54) is 18.2 Å². The summed E-state index contributed by atoms with van der Waals surface area (Å²) in [4.78, 5) is 0. The molecule has 0 aromatic heterocycles. The molecule has 0 spiro atoms. The van der Waals surface area contributed by atoms with Crippen molar-refractivity contribution in [3.63, 3.8) is 0 Å². The summed E-state index contributed by atoms with van der Waals surface area (Å²) in [5.41, 5.74) is 6.08. The van der Waals surface area contributed by atoms with Crippen molar-refractivity contribution in [2.75, 3.05) is 6.54 Å². The van der Waals surface area contributed by atoms with Gasteiger partial charge in [0.1, 0.15) is 0 Å². The molecule has 0 aliphatic heterocycles. The Kier molecular flexibility index (Phi) is 4.50. The van der Waals surface area contributed by atoms with Crippen molar-refractivity contribution in [1.29, 1.82) is 0 Å². The third kappa shape index (κ3) is 3.30. The molecule has 5 heteroatoms. The minimum atomic E-state index is -0.559. The van der Waals surface area contributed by atoms with Gasteiger partial charge < -0.3 is 10.5 Å². The molecule has 0 aliphatic rings. The Morgan fingerprint density at radius 1 is 1.11 bits per heavy atom. The normalized spacial score (nSPS) is 10.5. The van der Waals surface area contributed by atoms with E-state index in [0.717, 1.165) is 0 Å². The summed E-state index contributed by atoms with van der Waals surface area (Å²) in [5, 5.41) is 0. The van der Waals surface area contributed by atoms with E-state index in [4.69, 9.17) is 10.5 Å². The number of benzene rings is 2. The predicted octanol–water partition coefficient (Wildman–Crippen LogP) is 4.02. The second-order valence-electron chi connectivity index (χ2n) is 3.94. The molecule has 0 radical (unpaired) electrons. The standard InChI is InChI=1S/C14H12BrF2NO/c15-10-4-5-13(12(17)8-10)19-14-9(6-7-18)2-1-3-11(14)16/h1-5,8H,6-7,18H2. The van der Waals surface area contributed by atoms with Crippen LogP contribution in [0.3, 0.4) is 0 Å². The van der Waals surface area contributed by atoms with E-state index in [9.17, 15) is 8.78 Å². The number of hydrogen-bond donors (Lipinski definition) is 1. The van der Waals surface area contributed by atoms with Crippen molar-refractivity contribution in [3.05, 3.63) is 58.1 Å². The fraction of sp³-hybridized carbons (Fsp3) is 0.143. The van der Waals surface area contributed by atoms with Gasteiger partial charge in [-0.15, -0.1) is 0 Å². The number of ether oxygens (including phenoxy) is 1. The lowest BCUT2D eigenvalue weighted by Gasteiger charge is -2.12. The highest BCUT2D eigenvalue weighted by Gasteiger charge is 2.13. The summed E-state index contributed by atoms with van der Waals surface area (Å²) >= 11 is 3.15. The third-order valence-electron chi connectivity index (χ3n) is 2.57. The molecule has 0 atom stereocenters. The summed E-state index contributed by atoms with van der Waals surface area (Å²) in [7, 11) is 0. The van der Waals surface area contributed by atoms with E-state index in [1.807, 2.05) is 0 Å². The van der Waals surface area contributed by atoms with Crippen LogP contribution in [0.15, 0.2) is 40.9 Å². The van der Waals surface area contributed by atoms with Gasteiger partial charge >= 0.3 is 0 Å². The monoisotopic (exact) mass is 327 g/mol. The summed E-state index contributed by atoms with van der Waals surface area (Å²) < 4.78 is 33.4. The van der Waals surface area contributed by atoms with Crippen LogP contribution in [-0.4, -0.2) is 6.54 Å². The molecule has 2 nitrogen and oxygen atoms in total. The number of halogens is 3. The average Bonchev–Trinajstić information content (AvgIpc) is 2.36. The first-order chi connectivity index (χ1) is 9.11. The number of nitrogens with two attached hydrogens (primary N) is 1. The maximum Gasteiger partial charge on any atom is 0.166 e. The zero-order chi connectivity index (χ0) is 13.8. The van der Waals surface area contributed by atoms with Crippen LogP contribution in [0.2, 0.25) is 0 Å². The predicted molar refractivity (Wildman–Crippen MR) is 73.3 cm³/mol. The van der Waals surface area contributed by atoms with Gasteiger partial charge in [0.15, 0.2) is 23.1 Å². The van der Waals surface area contributed by atoms with Crippen molar-refractivity contribution in [3.8, 4) is 11.5 Å². The van der Waals surface area contributed by atoms with Gasteiger partial charge in [-0.3, -0.25) is 0 Å². The Balaban J connectivity index is 2.37. The molecule has 100 valence electrons. The van der Waals surface area contributed by atoms with Crippen LogP contribution in [0.1, 0.15) is 5.56 Å². The highest BCUT2D eigenvalue weighted by molar-refractivity contribution is 9.10. The van der Waals surface area contributed by atoms with E-state index >= 15 is 0 Å². The number of rotatable bonds is 4. The highest BCUT2D eigenvalue weighted by Crippen LogP contribution is 2.31. The quantitative estimate of drug-likeness (QED) is 0.920. The van der Waals surface area contributed by atoms with E-state index in [0.29, 0.717) is 23.0 Å². The highest BCUT2D eigenvalue weighted by atomic mass is 79.9. The lowest BCUT2D eigenvalue weighted by atomic mass is 10.1. The summed E-state index contributed by atoms with van der Waals surface area (Å²) in [6.07, 6.45) is 0.464. The van der Waals surface area contributed by atoms with Gasteiger partial charge in [-0.1, -0.05) is 28.1 Å². The molecule has 0 saturated heterocycles. The van der Waals surface area contributed by atoms with Crippen molar-refractivity contribution in [1.82, 2.24) is 0 Å². The molecule has 2 rings (SSSR count). The van der Waals surface area contributed by atoms with Crippen molar-refractivity contribution in [2.45, 2.75) is 6.42 Å². The van der Waals surface area contributed by atoms with Crippen molar-refractivity contribution < 1.29 is 13.5 Å². The average molecular weight is 328 g/mol. The lowest BCUT2D eigenvalue weighted by Crippen LogP contribution is -2.05. The maximum atomic E-state index is 13.8. The Morgan fingerprint density at radius 3 is 2.58 bits per heavy atom. The van der Waals surface area contributed by atoms with E-state index in [-0.39, 0.29) is 11.5 Å². The number of para-hydroxylation sites is 1. The first-order valence-electron chi connectivity index (χ1n) is 5.72. The molecular weight excluding hydrogens is 316 g/mol. The smallest absolute Gasteiger partial charge is 0.166 e. The van der Waals surface area contributed by atoms with E-state index in [2.05, 4.69) is 15.9 Å². The molecule has 0 amide bonds. The second-order valence-corrected chi connectivity index (χ2v) is 4.86. The van der Waals surface area contributed by atoms with Crippen molar-refractivity contribution >= 4 is 15.9 Å². The lowest BCUT2D eigenvalue weighted by molar-refractivity contribution is 0.410. The Hall–Kier alpha value is -1.46. The first kappa shape index (κ1) is 14.0. The van der Waals surface area contributed by atoms with Gasteiger partial charge in [0.2, 0.25) is 0 Å². The van der Waals surface area contributed by atoms with Crippen LogP contribution in [0, 0.1) is 11.6 Å². The van der Waals surface area contributed by atoms with Crippen LogP contribution in [0.5, 0.6) is 11.5 Å². The summed E-state index contributed by atoms with van der Waals surface area (Å²) in [6, 6.07) is 8.89. The second kappa shape index (κ2) is 6.12. The fourth-order valence-electron chi connectivity index (χ4n) is 1.69. The largest absolute Gasteiger partial charge is 0.451 e. The number of hydrogen-bond acceptors (Lipinski definition) is 2. The minimum absolute atomic E-state index is 0.0217. The van der Waals surface area contributed by atoms with Crippen LogP contribution in [0.4, 0.5) is 8.78 Å². The van der Waals surface area contributed by atoms with E-state index in [1.54, 1.807) is 18.2 Å². The molecule has 0 bridgehead atoms. The maximum absolute atomic E-state index is 13.8. The molecule has 0 saturated carbocycles. The molecule has 0 heterocycles. The zero-order valence-corrected chi connectivity index (χ0v) is 11.6.